The fraction of sp³-hybridized carbons (Fsp3) is 0.714. The van der Waals surface area contributed by atoms with Crippen LogP contribution < -0.4 is 0 Å². The summed E-state index contributed by atoms with van der Waals surface area (Å²) in [6.45, 7) is 19.7. The van der Waals surface area contributed by atoms with E-state index in [1.165, 1.54) is 0 Å². The van der Waals surface area contributed by atoms with E-state index < -0.39 is 8.32 Å². The van der Waals surface area contributed by atoms with Crippen molar-refractivity contribution in [1.29, 1.82) is 0 Å². The van der Waals surface area contributed by atoms with Gasteiger partial charge in [0, 0.05) is 0 Å². The maximum absolute atomic E-state index is 6.32. The first-order chi connectivity index (χ1) is 7.28. The molecule has 0 N–H and O–H groups in total. The molecule has 0 spiro atoms. The third-order valence-corrected chi connectivity index (χ3v) is 9.40. The van der Waals surface area contributed by atoms with Crippen LogP contribution in [0.4, 0.5) is 0 Å². The van der Waals surface area contributed by atoms with Gasteiger partial charge in [0.15, 0.2) is 0 Å². The van der Waals surface area contributed by atoms with E-state index in [1.807, 2.05) is 19.1 Å². The van der Waals surface area contributed by atoms with Gasteiger partial charge in [0.25, 0.3) is 8.32 Å². The fourth-order valence-electron chi connectivity index (χ4n) is 2.80. The predicted molar refractivity (Wildman–Crippen MR) is 76.1 cm³/mol. The molecule has 0 aliphatic carbocycles. The zero-order chi connectivity index (χ0) is 12.9. The lowest BCUT2D eigenvalue weighted by Gasteiger charge is -2.42. The normalized spacial score (nSPS) is 13.1. The van der Waals surface area contributed by atoms with Crippen molar-refractivity contribution in [2.24, 2.45) is 0 Å². The van der Waals surface area contributed by atoms with Gasteiger partial charge < -0.3 is 4.43 Å². The quantitative estimate of drug-likeness (QED) is 0.349. The van der Waals surface area contributed by atoms with E-state index in [1.54, 1.807) is 0 Å². The molecule has 0 aromatic heterocycles. The Hall–Kier alpha value is -0.503. The minimum absolute atomic E-state index is 0.606. The molecule has 0 amide bonds. The molecule has 0 unspecified atom stereocenters. The Morgan fingerprint density at radius 2 is 1.38 bits per heavy atom. The first-order valence-corrected chi connectivity index (χ1v) is 8.43. The highest BCUT2D eigenvalue weighted by Crippen LogP contribution is 2.43. The summed E-state index contributed by atoms with van der Waals surface area (Å²) in [6, 6.07) is 0. The van der Waals surface area contributed by atoms with Gasteiger partial charge in [-0.25, -0.2) is 0 Å². The summed E-state index contributed by atoms with van der Waals surface area (Å²) in [6.07, 6.45) is 3.96. The van der Waals surface area contributed by atoms with Gasteiger partial charge >= 0.3 is 0 Å². The third kappa shape index (κ3) is 3.24. The molecule has 2 heteroatoms. The van der Waals surface area contributed by atoms with E-state index >= 15 is 0 Å². The fourth-order valence-corrected chi connectivity index (χ4v) is 8.03. The van der Waals surface area contributed by atoms with Crippen LogP contribution in [0.3, 0.4) is 0 Å². The van der Waals surface area contributed by atoms with Crippen molar-refractivity contribution < 1.29 is 4.43 Å². The van der Waals surface area contributed by atoms with Gasteiger partial charge in [-0.15, -0.1) is 0 Å². The van der Waals surface area contributed by atoms with Gasteiger partial charge in [-0.2, -0.15) is 0 Å². The number of allylic oxidation sites excluding steroid dienone is 2. The van der Waals surface area contributed by atoms with Crippen molar-refractivity contribution in [2.75, 3.05) is 0 Å². The highest BCUT2D eigenvalue weighted by molar-refractivity contribution is 6.77. The van der Waals surface area contributed by atoms with Crippen LogP contribution in [0.2, 0.25) is 16.6 Å². The van der Waals surface area contributed by atoms with Crippen LogP contribution >= 0.6 is 0 Å². The van der Waals surface area contributed by atoms with Crippen LogP contribution in [-0.2, 0) is 4.43 Å². The van der Waals surface area contributed by atoms with Crippen molar-refractivity contribution in [2.45, 2.75) is 65.1 Å². The molecule has 0 aliphatic heterocycles. The lowest BCUT2D eigenvalue weighted by atomic mass is 10.5. The summed E-state index contributed by atoms with van der Waals surface area (Å²) < 4.78 is 6.32. The summed E-state index contributed by atoms with van der Waals surface area (Å²) in [7, 11) is -1.78. The Morgan fingerprint density at radius 3 is 1.62 bits per heavy atom. The second kappa shape index (κ2) is 6.29. The number of hydrogen-bond donors (Lipinski definition) is 0. The average molecular weight is 240 g/mol. The van der Waals surface area contributed by atoms with Crippen LogP contribution in [-0.4, -0.2) is 8.32 Å². The van der Waals surface area contributed by atoms with E-state index in [9.17, 15) is 0 Å². The largest absolute Gasteiger partial charge is 0.543 e. The van der Waals surface area contributed by atoms with Gasteiger partial charge in [0.1, 0.15) is 0 Å². The van der Waals surface area contributed by atoms with E-state index in [0.717, 1.165) is 5.76 Å². The van der Waals surface area contributed by atoms with Crippen LogP contribution in [0.5, 0.6) is 0 Å². The average Bonchev–Trinajstić information content (AvgIpc) is 2.12. The molecule has 0 rings (SSSR count). The standard InChI is InChI=1S/C14H28OSi/c1-9-10-14(8)15-16(11(2)3,12(4)5)13(6)7/h9-13H,8H2,1-7H3/b10-9+. The molecule has 0 aliphatic rings. The molecule has 0 saturated heterocycles. The molecule has 0 atom stereocenters. The Balaban J connectivity index is 5.13. The Bertz CT molecular complexity index is 230. The minimum Gasteiger partial charge on any atom is -0.543 e. The molecule has 1 nitrogen and oxygen atoms in total. The molecular weight excluding hydrogens is 212 g/mol. The smallest absolute Gasteiger partial charge is 0.258 e. The molecule has 0 bridgehead atoms. The second-order valence-electron chi connectivity index (χ2n) is 5.39. The molecule has 0 aromatic carbocycles. The summed E-state index contributed by atoms with van der Waals surface area (Å²) in [5.41, 5.74) is 1.82. The van der Waals surface area contributed by atoms with Crippen LogP contribution in [0.15, 0.2) is 24.5 Å². The number of hydrogen-bond acceptors (Lipinski definition) is 1. The predicted octanol–water partition coefficient (Wildman–Crippen LogP) is 5.27. The van der Waals surface area contributed by atoms with E-state index in [2.05, 4.69) is 48.1 Å². The maximum atomic E-state index is 6.32. The van der Waals surface area contributed by atoms with Crippen molar-refractivity contribution in [1.82, 2.24) is 0 Å². The number of rotatable bonds is 6. The van der Waals surface area contributed by atoms with Gasteiger partial charge in [-0.3, -0.25) is 0 Å². The molecule has 0 fully saturated rings. The molecule has 0 radical (unpaired) electrons. The Labute approximate surface area is 103 Å². The molecule has 0 saturated carbocycles. The van der Waals surface area contributed by atoms with E-state index in [0.29, 0.717) is 16.6 Å². The highest BCUT2D eigenvalue weighted by atomic mass is 28.4. The minimum atomic E-state index is -1.78. The SMILES string of the molecule is C=C(/C=C/C)O[Si](C(C)C)(C(C)C)C(C)C. The molecular formula is C14H28OSi. The van der Waals surface area contributed by atoms with Gasteiger partial charge in [-0.05, 0) is 29.6 Å². The Morgan fingerprint density at radius 1 is 1.00 bits per heavy atom. The van der Waals surface area contributed by atoms with Gasteiger partial charge in [-0.1, -0.05) is 54.2 Å². The lowest BCUT2D eigenvalue weighted by molar-refractivity contribution is 0.388. The van der Waals surface area contributed by atoms with E-state index in [4.69, 9.17) is 4.43 Å². The second-order valence-corrected chi connectivity index (χ2v) is 10.8. The van der Waals surface area contributed by atoms with Crippen LogP contribution in [0, 0.1) is 0 Å². The highest BCUT2D eigenvalue weighted by Gasteiger charge is 2.46. The third-order valence-electron chi connectivity index (χ3n) is 3.37. The molecule has 16 heavy (non-hydrogen) atoms. The van der Waals surface area contributed by atoms with Crippen molar-refractivity contribution in [3.8, 4) is 0 Å². The van der Waals surface area contributed by atoms with Crippen LogP contribution in [0.1, 0.15) is 48.5 Å². The topological polar surface area (TPSA) is 9.23 Å². The summed E-state index contributed by atoms with van der Waals surface area (Å²) in [5.74, 6) is 0.824. The maximum Gasteiger partial charge on any atom is 0.258 e. The zero-order valence-corrected chi connectivity index (χ0v) is 13.0. The molecule has 0 heterocycles. The first-order valence-electron chi connectivity index (χ1n) is 6.29. The molecule has 94 valence electrons. The molecule has 0 aromatic rings. The summed E-state index contributed by atoms with van der Waals surface area (Å²) >= 11 is 0. The van der Waals surface area contributed by atoms with Crippen LogP contribution in [0.25, 0.3) is 0 Å². The summed E-state index contributed by atoms with van der Waals surface area (Å²) in [4.78, 5) is 0. The van der Waals surface area contributed by atoms with E-state index in [-0.39, 0.29) is 0 Å². The van der Waals surface area contributed by atoms with Crippen molar-refractivity contribution in [3.05, 3.63) is 24.5 Å². The Kier molecular flexibility index (Phi) is 6.09. The summed E-state index contributed by atoms with van der Waals surface area (Å²) in [5, 5.41) is 0. The first kappa shape index (κ1) is 15.5. The van der Waals surface area contributed by atoms with Gasteiger partial charge in [0.2, 0.25) is 0 Å². The van der Waals surface area contributed by atoms with Gasteiger partial charge in [0.05, 0.1) is 5.76 Å². The van der Waals surface area contributed by atoms with Crippen molar-refractivity contribution in [3.63, 3.8) is 0 Å². The lowest BCUT2D eigenvalue weighted by Crippen LogP contribution is -2.47. The zero-order valence-electron chi connectivity index (χ0n) is 12.0. The monoisotopic (exact) mass is 240 g/mol. The van der Waals surface area contributed by atoms with Crippen molar-refractivity contribution >= 4 is 8.32 Å².